The van der Waals surface area contributed by atoms with Gasteiger partial charge in [0.2, 0.25) is 0 Å². The van der Waals surface area contributed by atoms with E-state index in [1.807, 2.05) is 0 Å². The zero-order valence-electron chi connectivity index (χ0n) is 17.8. The number of rotatable bonds is 14. The van der Waals surface area contributed by atoms with Gasteiger partial charge in [-0.15, -0.1) is 0 Å². The van der Waals surface area contributed by atoms with E-state index in [2.05, 4.69) is 48.5 Å². The minimum Gasteiger partial charge on any atom is -0.535 e. The highest BCUT2D eigenvalue weighted by atomic mass is 28.4. The van der Waals surface area contributed by atoms with Crippen molar-refractivity contribution in [2.45, 2.75) is 123 Å². The molecule has 0 aromatic carbocycles. The first-order valence-electron chi connectivity index (χ1n) is 10.7. The highest BCUT2D eigenvalue weighted by Gasteiger charge is 2.36. The lowest BCUT2D eigenvalue weighted by atomic mass is 10.6. The van der Waals surface area contributed by atoms with E-state index < -0.39 is 16.6 Å². The Balaban J connectivity index is 5.45. The Morgan fingerprint density at radius 1 is 0.625 bits per heavy atom. The Morgan fingerprint density at radius 2 is 0.958 bits per heavy atom. The van der Waals surface area contributed by atoms with E-state index in [1.54, 1.807) is 0 Å². The normalized spacial score (nSPS) is 13.4. The average molecular weight is 372 g/mol. The van der Waals surface area contributed by atoms with Crippen molar-refractivity contribution in [2.24, 2.45) is 4.66 Å². The smallest absolute Gasteiger partial charge is 0.252 e. The molecule has 24 heavy (non-hydrogen) atoms. The van der Waals surface area contributed by atoms with E-state index in [9.17, 15) is 0 Å². The summed E-state index contributed by atoms with van der Waals surface area (Å²) in [4.78, 5) is 0. The van der Waals surface area contributed by atoms with Crippen LogP contribution in [0.1, 0.15) is 87.0 Å². The van der Waals surface area contributed by atoms with Crippen LogP contribution in [0.4, 0.5) is 0 Å². The second-order valence-corrected chi connectivity index (χ2v) is 15.9. The Hall–Kier alpha value is -0.0962. The van der Waals surface area contributed by atoms with Gasteiger partial charge in [-0.3, -0.25) is 4.66 Å². The molecule has 0 heterocycles. The van der Waals surface area contributed by atoms with Crippen LogP contribution in [0.15, 0.2) is 4.66 Å². The number of hydrogen-bond acceptors (Lipinski definition) is 2. The van der Waals surface area contributed by atoms with E-state index in [4.69, 9.17) is 9.08 Å². The molecule has 0 spiro atoms. The number of nitrogens with zero attached hydrogens (tertiary/aromatic N) is 1. The highest BCUT2D eigenvalue weighted by Crippen LogP contribution is 2.31. The molecule has 0 unspecified atom stereocenters. The van der Waals surface area contributed by atoms with E-state index in [-0.39, 0.29) is 0 Å². The quantitative estimate of drug-likeness (QED) is 0.173. The molecule has 0 N–H and O–H groups in total. The zero-order valence-corrected chi connectivity index (χ0v) is 19.8. The zero-order chi connectivity index (χ0) is 18.5. The van der Waals surface area contributed by atoms with Gasteiger partial charge in [-0.05, 0) is 36.3 Å². The van der Waals surface area contributed by atoms with Crippen LogP contribution in [0, 0.1) is 0 Å². The summed E-state index contributed by atoms with van der Waals surface area (Å²) in [6.07, 6.45) is 7.56. The summed E-state index contributed by atoms with van der Waals surface area (Å²) in [7, 11) is -3.18. The first-order valence-corrected chi connectivity index (χ1v) is 15.8. The lowest BCUT2D eigenvalue weighted by Crippen LogP contribution is -2.41. The third-order valence-corrected chi connectivity index (χ3v) is 15.1. The molecule has 0 aliphatic heterocycles. The molecule has 0 radical (unpaired) electrons. The van der Waals surface area contributed by atoms with E-state index in [0.717, 1.165) is 5.90 Å². The maximum Gasteiger partial charge on any atom is 0.252 e. The van der Waals surface area contributed by atoms with Gasteiger partial charge < -0.3 is 4.43 Å². The molecular formula is C20H45NOSi2. The Labute approximate surface area is 155 Å². The Morgan fingerprint density at radius 3 is 1.25 bits per heavy atom. The van der Waals surface area contributed by atoms with Crippen molar-refractivity contribution in [1.29, 1.82) is 0 Å². The van der Waals surface area contributed by atoms with Gasteiger partial charge in [0.1, 0.15) is 0 Å². The lowest BCUT2D eigenvalue weighted by molar-refractivity contribution is 0.509. The van der Waals surface area contributed by atoms with Crippen molar-refractivity contribution < 1.29 is 4.43 Å². The van der Waals surface area contributed by atoms with Crippen molar-refractivity contribution in [2.75, 3.05) is 0 Å². The van der Waals surface area contributed by atoms with Crippen LogP contribution in [0.2, 0.25) is 36.3 Å². The minimum absolute atomic E-state index is 1.05. The molecule has 144 valence electrons. The summed E-state index contributed by atoms with van der Waals surface area (Å²) in [5.74, 6) is 1.05. The van der Waals surface area contributed by atoms with Crippen molar-refractivity contribution in [1.82, 2.24) is 0 Å². The predicted molar refractivity (Wildman–Crippen MR) is 116 cm³/mol. The molecule has 0 rings (SSSR count). The summed E-state index contributed by atoms with van der Waals surface area (Å²) >= 11 is 0. The average Bonchev–Trinajstić information content (AvgIpc) is 2.48. The maximum absolute atomic E-state index is 6.78. The molecule has 0 saturated heterocycles. The summed E-state index contributed by atoms with van der Waals surface area (Å²) in [5.41, 5.74) is 0. The largest absolute Gasteiger partial charge is 0.535 e. The van der Waals surface area contributed by atoms with Gasteiger partial charge in [-0.1, -0.05) is 80.1 Å². The van der Waals surface area contributed by atoms with Crippen LogP contribution < -0.4 is 0 Å². The molecule has 0 saturated carbocycles. The third kappa shape index (κ3) is 8.33. The SMILES string of the molecule is CCC[Si](CCC)(CCC)N=C(C)O[Si](CCC)(CCC)CCC. The molecular weight excluding hydrogens is 326 g/mol. The van der Waals surface area contributed by atoms with Crippen LogP contribution in [-0.2, 0) is 4.43 Å². The van der Waals surface area contributed by atoms with Gasteiger partial charge in [-0.25, -0.2) is 0 Å². The molecule has 0 atom stereocenters. The maximum atomic E-state index is 6.78. The topological polar surface area (TPSA) is 21.6 Å². The van der Waals surface area contributed by atoms with Gasteiger partial charge in [0, 0.05) is 6.92 Å². The molecule has 0 aliphatic rings. The van der Waals surface area contributed by atoms with E-state index >= 15 is 0 Å². The van der Waals surface area contributed by atoms with Gasteiger partial charge in [0.15, 0.2) is 14.1 Å². The van der Waals surface area contributed by atoms with Crippen molar-refractivity contribution in [3.8, 4) is 0 Å². The minimum atomic E-state index is -1.64. The van der Waals surface area contributed by atoms with E-state index in [0.29, 0.717) is 0 Å². The standard InChI is InChI=1S/C20H45NOSi2/c1-8-14-23(15-9-2,16-10-3)21-20(7)22-24(17-11-4,18-12-5)19-13-6/h8-19H2,1-7H3. The molecule has 0 aromatic heterocycles. The molecule has 4 heteroatoms. The van der Waals surface area contributed by atoms with Crippen LogP contribution in [-0.4, -0.2) is 22.5 Å². The van der Waals surface area contributed by atoms with Gasteiger partial charge in [0.05, 0.1) is 0 Å². The van der Waals surface area contributed by atoms with Crippen molar-refractivity contribution >= 4 is 22.5 Å². The fraction of sp³-hybridized carbons (Fsp3) is 0.950. The molecule has 0 aromatic rings. The fourth-order valence-corrected chi connectivity index (χ4v) is 13.6. The molecule has 0 aliphatic carbocycles. The van der Waals surface area contributed by atoms with Crippen LogP contribution >= 0.6 is 0 Å². The summed E-state index contributed by atoms with van der Waals surface area (Å²) < 4.78 is 12.2. The van der Waals surface area contributed by atoms with Crippen molar-refractivity contribution in [3.63, 3.8) is 0 Å². The number of hydrogen-bond donors (Lipinski definition) is 0. The Bertz CT molecular complexity index is 310. The van der Waals surface area contributed by atoms with Crippen LogP contribution in [0.3, 0.4) is 0 Å². The summed E-state index contributed by atoms with van der Waals surface area (Å²) in [6, 6.07) is 7.89. The van der Waals surface area contributed by atoms with Crippen LogP contribution in [0.25, 0.3) is 0 Å². The highest BCUT2D eigenvalue weighted by molar-refractivity contribution is 6.80. The van der Waals surface area contributed by atoms with Gasteiger partial charge in [0.25, 0.3) is 8.32 Å². The third-order valence-electron chi connectivity index (χ3n) is 5.02. The first kappa shape index (κ1) is 23.9. The molecule has 0 fully saturated rings. The van der Waals surface area contributed by atoms with Crippen LogP contribution in [0.5, 0.6) is 0 Å². The monoisotopic (exact) mass is 371 g/mol. The summed E-state index contributed by atoms with van der Waals surface area (Å²) in [6.45, 7) is 16.1. The van der Waals surface area contributed by atoms with Gasteiger partial charge >= 0.3 is 0 Å². The second-order valence-electron chi connectivity index (χ2n) is 7.64. The Kier molecular flexibility index (Phi) is 13.1. The fourth-order valence-electron chi connectivity index (χ4n) is 4.50. The molecule has 2 nitrogen and oxygen atoms in total. The first-order chi connectivity index (χ1) is 11.5. The second kappa shape index (κ2) is 13.2. The molecule has 0 bridgehead atoms. The van der Waals surface area contributed by atoms with Gasteiger partial charge in [-0.2, -0.15) is 0 Å². The predicted octanol–water partition coefficient (Wildman–Crippen LogP) is 7.77. The van der Waals surface area contributed by atoms with Crippen molar-refractivity contribution in [3.05, 3.63) is 0 Å². The molecule has 0 amide bonds. The summed E-state index contributed by atoms with van der Waals surface area (Å²) in [5, 5.41) is 0. The van der Waals surface area contributed by atoms with E-state index in [1.165, 1.54) is 74.8 Å². The lowest BCUT2D eigenvalue weighted by Gasteiger charge is -2.34.